The van der Waals surface area contributed by atoms with Gasteiger partial charge in [0.2, 0.25) is 10.0 Å². The van der Waals surface area contributed by atoms with E-state index in [9.17, 15) is 8.42 Å². The number of aromatic nitrogens is 1. The van der Waals surface area contributed by atoms with Crippen LogP contribution in [0.4, 0.5) is 0 Å². The van der Waals surface area contributed by atoms with Crippen molar-refractivity contribution in [3.8, 4) is 0 Å². The summed E-state index contributed by atoms with van der Waals surface area (Å²) in [4.78, 5) is 4.03. The number of hydrogen-bond donors (Lipinski definition) is 2. The second-order valence-electron chi connectivity index (χ2n) is 5.01. The van der Waals surface area contributed by atoms with Crippen LogP contribution in [0.3, 0.4) is 0 Å². The Hall–Kier alpha value is -0.980. The lowest BCUT2D eigenvalue weighted by molar-refractivity contribution is 0.570. The van der Waals surface area contributed by atoms with Crippen LogP contribution in [0, 0.1) is 5.92 Å². The van der Waals surface area contributed by atoms with Crippen LogP contribution in [-0.4, -0.2) is 32.2 Å². The molecule has 1 aromatic heterocycles. The van der Waals surface area contributed by atoms with Gasteiger partial charge in [-0.15, -0.1) is 0 Å². The molecule has 5 nitrogen and oxygen atoms in total. The predicted octanol–water partition coefficient (Wildman–Crippen LogP) is 0.891. The maximum atomic E-state index is 11.6. The number of nitrogens with zero attached hydrogens (tertiary/aromatic N) is 1. The second kappa shape index (κ2) is 6.98. The molecule has 1 aliphatic carbocycles. The van der Waals surface area contributed by atoms with Crippen LogP contribution in [0.2, 0.25) is 0 Å². The van der Waals surface area contributed by atoms with Crippen LogP contribution in [0.1, 0.15) is 24.8 Å². The third-order valence-electron chi connectivity index (χ3n) is 3.06. The van der Waals surface area contributed by atoms with Gasteiger partial charge < -0.3 is 5.32 Å². The summed E-state index contributed by atoms with van der Waals surface area (Å²) in [6.45, 7) is 2.07. The Morgan fingerprint density at radius 2 is 2.16 bits per heavy atom. The molecule has 0 aromatic carbocycles. The fourth-order valence-corrected chi connectivity index (χ4v) is 3.36. The van der Waals surface area contributed by atoms with Crippen LogP contribution in [0.5, 0.6) is 0 Å². The van der Waals surface area contributed by atoms with Crippen molar-refractivity contribution in [3.63, 3.8) is 0 Å². The molecule has 0 aliphatic heterocycles. The van der Waals surface area contributed by atoms with E-state index in [0.717, 1.165) is 37.9 Å². The maximum Gasteiger partial charge on any atom is 0.211 e. The molecule has 0 amide bonds. The van der Waals surface area contributed by atoms with E-state index in [1.807, 2.05) is 18.3 Å². The zero-order valence-electron chi connectivity index (χ0n) is 11.0. The average molecular weight is 283 g/mol. The molecule has 2 rings (SSSR count). The van der Waals surface area contributed by atoms with Crippen LogP contribution in [0.25, 0.3) is 0 Å². The Bertz CT molecular complexity index is 472. The first kappa shape index (κ1) is 14.4. The molecule has 1 fully saturated rings. The molecule has 0 spiro atoms. The third-order valence-corrected chi connectivity index (χ3v) is 4.61. The van der Waals surface area contributed by atoms with Crippen molar-refractivity contribution in [2.45, 2.75) is 25.8 Å². The van der Waals surface area contributed by atoms with Gasteiger partial charge in [0.05, 0.1) is 5.75 Å². The van der Waals surface area contributed by atoms with Crippen molar-refractivity contribution in [1.82, 2.24) is 15.0 Å². The summed E-state index contributed by atoms with van der Waals surface area (Å²) in [6.07, 6.45) is 6.49. The lowest BCUT2D eigenvalue weighted by atomic mass is 10.3. The number of sulfonamides is 1. The van der Waals surface area contributed by atoms with Crippen molar-refractivity contribution < 1.29 is 8.42 Å². The molecule has 0 saturated heterocycles. The third kappa shape index (κ3) is 6.13. The topological polar surface area (TPSA) is 71.1 Å². The highest BCUT2D eigenvalue weighted by Crippen LogP contribution is 2.29. The number of pyridine rings is 1. The molecule has 6 heteroatoms. The van der Waals surface area contributed by atoms with E-state index in [1.54, 1.807) is 6.20 Å². The molecular formula is C13H21N3O2S. The van der Waals surface area contributed by atoms with Crippen LogP contribution in [-0.2, 0) is 16.6 Å². The summed E-state index contributed by atoms with van der Waals surface area (Å²) < 4.78 is 25.8. The summed E-state index contributed by atoms with van der Waals surface area (Å²) >= 11 is 0. The van der Waals surface area contributed by atoms with Gasteiger partial charge >= 0.3 is 0 Å². The Kier molecular flexibility index (Phi) is 5.30. The zero-order chi connectivity index (χ0) is 13.6. The Balaban J connectivity index is 1.52. The van der Waals surface area contributed by atoms with Gasteiger partial charge in [0.25, 0.3) is 0 Å². The highest BCUT2D eigenvalue weighted by molar-refractivity contribution is 7.89. The average Bonchev–Trinajstić information content (AvgIpc) is 3.18. The Morgan fingerprint density at radius 1 is 1.32 bits per heavy atom. The van der Waals surface area contributed by atoms with Gasteiger partial charge in [-0.1, -0.05) is 6.07 Å². The quantitative estimate of drug-likeness (QED) is 0.660. The van der Waals surface area contributed by atoms with Gasteiger partial charge in [0.1, 0.15) is 0 Å². The fraction of sp³-hybridized carbons (Fsp3) is 0.615. The minimum atomic E-state index is -3.05. The SMILES string of the molecule is O=S(=O)(CC1CC1)NCCCNCc1cccnc1. The van der Waals surface area contributed by atoms with Gasteiger partial charge in [-0.3, -0.25) is 4.98 Å². The monoisotopic (exact) mass is 283 g/mol. The molecule has 19 heavy (non-hydrogen) atoms. The standard InChI is InChI=1S/C13H21N3O2S/c17-19(18,11-12-4-5-12)16-8-2-7-15-10-13-3-1-6-14-9-13/h1,3,6,9,12,15-16H,2,4-5,7-8,10-11H2. The molecule has 0 radical (unpaired) electrons. The van der Waals surface area contributed by atoms with E-state index >= 15 is 0 Å². The smallest absolute Gasteiger partial charge is 0.211 e. The summed E-state index contributed by atoms with van der Waals surface area (Å²) in [7, 11) is -3.05. The number of rotatable bonds is 9. The molecule has 2 N–H and O–H groups in total. The molecule has 0 unspecified atom stereocenters. The lowest BCUT2D eigenvalue weighted by Gasteiger charge is -2.07. The van der Waals surface area contributed by atoms with E-state index in [2.05, 4.69) is 15.0 Å². The van der Waals surface area contributed by atoms with E-state index < -0.39 is 10.0 Å². The normalized spacial score (nSPS) is 15.6. The first-order valence-corrected chi connectivity index (χ1v) is 8.38. The molecule has 0 bridgehead atoms. The van der Waals surface area contributed by atoms with Crippen LogP contribution >= 0.6 is 0 Å². The zero-order valence-corrected chi connectivity index (χ0v) is 11.8. The van der Waals surface area contributed by atoms with Crippen molar-refractivity contribution in [1.29, 1.82) is 0 Å². The van der Waals surface area contributed by atoms with E-state index in [1.165, 1.54) is 0 Å². The van der Waals surface area contributed by atoms with Gasteiger partial charge in [0, 0.05) is 25.5 Å². The first-order chi connectivity index (χ1) is 9.16. The highest BCUT2D eigenvalue weighted by Gasteiger charge is 2.27. The van der Waals surface area contributed by atoms with Crippen LogP contribution in [0.15, 0.2) is 24.5 Å². The van der Waals surface area contributed by atoms with Crippen LogP contribution < -0.4 is 10.0 Å². The van der Waals surface area contributed by atoms with Gasteiger partial charge in [-0.05, 0) is 43.4 Å². The fourth-order valence-electron chi connectivity index (χ4n) is 1.83. The van der Waals surface area contributed by atoms with E-state index in [-0.39, 0.29) is 0 Å². The van der Waals surface area contributed by atoms with Gasteiger partial charge in [-0.2, -0.15) is 0 Å². The summed E-state index contributed by atoms with van der Waals surface area (Å²) in [5.41, 5.74) is 1.14. The molecule has 1 saturated carbocycles. The molecule has 1 aliphatic rings. The molecule has 1 aromatic rings. The first-order valence-electron chi connectivity index (χ1n) is 6.73. The molecule has 1 heterocycles. The predicted molar refractivity (Wildman–Crippen MR) is 75.1 cm³/mol. The summed E-state index contributed by atoms with van der Waals surface area (Å²) in [5, 5.41) is 3.27. The lowest BCUT2D eigenvalue weighted by Crippen LogP contribution is -2.30. The second-order valence-corrected chi connectivity index (χ2v) is 6.86. The largest absolute Gasteiger partial charge is 0.313 e. The molecule has 106 valence electrons. The number of nitrogens with one attached hydrogen (secondary N) is 2. The minimum absolute atomic E-state index is 0.302. The Morgan fingerprint density at radius 3 is 2.84 bits per heavy atom. The highest BCUT2D eigenvalue weighted by atomic mass is 32.2. The molecule has 0 atom stereocenters. The summed E-state index contributed by atoms with van der Waals surface area (Å²) in [6, 6.07) is 3.92. The minimum Gasteiger partial charge on any atom is -0.313 e. The van der Waals surface area contributed by atoms with Gasteiger partial charge in [0.15, 0.2) is 0 Å². The maximum absolute atomic E-state index is 11.6. The number of hydrogen-bond acceptors (Lipinski definition) is 4. The van der Waals surface area contributed by atoms with Crippen molar-refractivity contribution in [2.75, 3.05) is 18.8 Å². The van der Waals surface area contributed by atoms with E-state index in [4.69, 9.17) is 0 Å². The Labute approximate surface area is 114 Å². The summed E-state index contributed by atoms with van der Waals surface area (Å²) in [5.74, 6) is 0.706. The van der Waals surface area contributed by atoms with Crippen molar-refractivity contribution in [2.24, 2.45) is 5.92 Å². The van der Waals surface area contributed by atoms with E-state index in [0.29, 0.717) is 18.2 Å². The van der Waals surface area contributed by atoms with Gasteiger partial charge in [-0.25, -0.2) is 13.1 Å². The van der Waals surface area contributed by atoms with Crippen molar-refractivity contribution in [3.05, 3.63) is 30.1 Å². The molecular weight excluding hydrogens is 262 g/mol. The van der Waals surface area contributed by atoms with Crippen molar-refractivity contribution >= 4 is 10.0 Å².